The van der Waals surface area contributed by atoms with E-state index in [0.29, 0.717) is 5.75 Å². The molecule has 1 saturated heterocycles. The summed E-state index contributed by atoms with van der Waals surface area (Å²) in [5.74, 6) is -1.24. The normalized spacial score (nSPS) is 26.5. The molecule has 11 heteroatoms. The van der Waals surface area contributed by atoms with Gasteiger partial charge in [0, 0.05) is 24.3 Å². The van der Waals surface area contributed by atoms with E-state index < -0.39 is 23.8 Å². The van der Waals surface area contributed by atoms with Crippen molar-refractivity contribution in [2.24, 2.45) is 5.92 Å². The maximum absolute atomic E-state index is 12.4. The zero-order chi connectivity index (χ0) is 20.4. The summed E-state index contributed by atoms with van der Waals surface area (Å²) in [5.41, 5.74) is 0. The lowest BCUT2D eigenvalue weighted by atomic mass is 9.97. The molecular weight excluding hydrogens is 404 g/mol. The van der Waals surface area contributed by atoms with Gasteiger partial charge in [0.2, 0.25) is 23.6 Å². The van der Waals surface area contributed by atoms with E-state index in [9.17, 15) is 24.0 Å². The largest absolute Gasteiger partial charge is 0.347 e. The number of rotatable bonds is 0. The Labute approximate surface area is 171 Å². The minimum Gasteiger partial charge on any atom is -0.347 e. The molecule has 0 aromatic rings. The van der Waals surface area contributed by atoms with Gasteiger partial charge in [-0.3, -0.25) is 24.0 Å². The lowest BCUT2D eigenvalue weighted by Crippen LogP contribution is -2.52. The third kappa shape index (κ3) is 8.34. The SMILES string of the molecule is O=C1CNC(=O)CNC(=O)C2CSSCCC=CC(C1)CC(=O)NCC(=O)N2. The van der Waals surface area contributed by atoms with Gasteiger partial charge >= 0.3 is 0 Å². The molecule has 2 aliphatic rings. The number of fused-ring (bicyclic) bond motifs is 7. The lowest BCUT2D eigenvalue weighted by Gasteiger charge is -2.19. The summed E-state index contributed by atoms with van der Waals surface area (Å²) in [6, 6.07) is -0.836. The van der Waals surface area contributed by atoms with E-state index in [1.54, 1.807) is 10.8 Å². The van der Waals surface area contributed by atoms with Crippen LogP contribution in [-0.2, 0) is 24.0 Å². The molecule has 0 aromatic carbocycles. The van der Waals surface area contributed by atoms with Gasteiger partial charge in [-0.05, 0) is 12.3 Å². The molecule has 2 aliphatic heterocycles. The number of hydrogen-bond acceptors (Lipinski definition) is 7. The van der Waals surface area contributed by atoms with Crippen molar-refractivity contribution in [1.82, 2.24) is 21.3 Å². The Morgan fingerprint density at radius 2 is 1.57 bits per heavy atom. The quantitative estimate of drug-likeness (QED) is 0.291. The summed E-state index contributed by atoms with van der Waals surface area (Å²) in [4.78, 5) is 60.7. The van der Waals surface area contributed by atoms with Crippen molar-refractivity contribution in [2.45, 2.75) is 25.3 Å². The van der Waals surface area contributed by atoms with Crippen LogP contribution in [0.25, 0.3) is 0 Å². The van der Waals surface area contributed by atoms with E-state index >= 15 is 0 Å². The molecule has 0 spiro atoms. The highest BCUT2D eigenvalue weighted by atomic mass is 33.1. The molecule has 2 unspecified atom stereocenters. The van der Waals surface area contributed by atoms with Crippen molar-refractivity contribution in [2.75, 3.05) is 31.1 Å². The Balaban J connectivity index is 2.23. The first-order valence-electron chi connectivity index (χ1n) is 8.97. The molecule has 0 aliphatic carbocycles. The van der Waals surface area contributed by atoms with Crippen LogP contribution in [0.15, 0.2) is 12.2 Å². The monoisotopic (exact) mass is 428 g/mol. The lowest BCUT2D eigenvalue weighted by molar-refractivity contribution is -0.131. The van der Waals surface area contributed by atoms with Gasteiger partial charge in [-0.2, -0.15) is 0 Å². The first-order chi connectivity index (χ1) is 13.4. The molecule has 4 N–H and O–H groups in total. The minimum absolute atomic E-state index is 0.0648. The van der Waals surface area contributed by atoms with Crippen molar-refractivity contribution in [3.8, 4) is 0 Å². The van der Waals surface area contributed by atoms with Crippen LogP contribution in [0.5, 0.6) is 0 Å². The summed E-state index contributed by atoms with van der Waals surface area (Å²) >= 11 is 0. The highest BCUT2D eigenvalue weighted by Gasteiger charge is 2.23. The highest BCUT2D eigenvalue weighted by molar-refractivity contribution is 8.76. The van der Waals surface area contributed by atoms with Crippen LogP contribution < -0.4 is 21.3 Å². The predicted molar refractivity (Wildman–Crippen MR) is 107 cm³/mol. The Kier molecular flexibility index (Phi) is 9.35. The van der Waals surface area contributed by atoms with Gasteiger partial charge in [0.1, 0.15) is 6.04 Å². The highest BCUT2D eigenvalue weighted by Crippen LogP contribution is 2.23. The van der Waals surface area contributed by atoms with Crippen molar-refractivity contribution in [3.05, 3.63) is 12.2 Å². The van der Waals surface area contributed by atoms with Crippen LogP contribution in [0.1, 0.15) is 19.3 Å². The second-order valence-corrected chi connectivity index (χ2v) is 9.05. The van der Waals surface area contributed by atoms with Gasteiger partial charge < -0.3 is 21.3 Å². The molecule has 2 atom stereocenters. The second kappa shape index (κ2) is 11.7. The minimum atomic E-state index is -0.836. The average Bonchev–Trinajstić information content (AvgIpc) is 2.66. The van der Waals surface area contributed by atoms with Crippen molar-refractivity contribution >= 4 is 51.0 Å². The molecule has 0 radical (unpaired) electrons. The Hall–Kier alpha value is -2.01. The van der Waals surface area contributed by atoms with E-state index in [2.05, 4.69) is 21.3 Å². The van der Waals surface area contributed by atoms with Crippen LogP contribution in [0, 0.1) is 5.92 Å². The standard InChI is InChI=1S/C17H24N4O5S2/c22-12-5-11-3-1-2-4-27-28-10-13(17(26)20-8-15(24)18-7-12)21-16(25)9-19-14(23)6-11/h1,3,11,13H,2,4-10H2,(H,18,24)(H,19,23)(H,20,26)(H,21,25). The maximum atomic E-state index is 12.4. The van der Waals surface area contributed by atoms with E-state index in [1.165, 1.54) is 10.8 Å². The van der Waals surface area contributed by atoms with E-state index in [1.807, 2.05) is 12.2 Å². The zero-order valence-electron chi connectivity index (χ0n) is 15.3. The molecule has 28 heavy (non-hydrogen) atoms. The van der Waals surface area contributed by atoms with Gasteiger partial charge in [0.25, 0.3) is 0 Å². The fraction of sp³-hybridized carbons (Fsp3) is 0.588. The van der Waals surface area contributed by atoms with Crippen molar-refractivity contribution in [1.29, 1.82) is 0 Å². The predicted octanol–water partition coefficient (Wildman–Crippen LogP) is -0.860. The third-order valence-electron chi connectivity index (χ3n) is 4.04. The van der Waals surface area contributed by atoms with Gasteiger partial charge in [-0.25, -0.2) is 0 Å². The van der Waals surface area contributed by atoms with Crippen molar-refractivity contribution < 1.29 is 24.0 Å². The number of hydrogen-bond donors (Lipinski definition) is 4. The molecule has 9 nitrogen and oxygen atoms in total. The number of amides is 4. The number of ketones is 1. The summed E-state index contributed by atoms with van der Waals surface area (Å²) in [6.45, 7) is -0.700. The smallest absolute Gasteiger partial charge is 0.243 e. The molecular formula is C17H24N4O5S2. The Morgan fingerprint density at radius 1 is 0.821 bits per heavy atom. The maximum Gasteiger partial charge on any atom is 0.243 e. The van der Waals surface area contributed by atoms with Gasteiger partial charge in [-0.1, -0.05) is 33.7 Å². The Bertz CT molecular complexity index is 655. The molecule has 154 valence electrons. The first kappa shape index (κ1) is 22.3. The summed E-state index contributed by atoms with van der Waals surface area (Å²) in [6.07, 6.45) is 4.70. The molecule has 4 amide bonds. The number of carbonyl (C=O) groups is 5. The van der Waals surface area contributed by atoms with Gasteiger partial charge in [0.05, 0.1) is 19.6 Å². The zero-order valence-corrected chi connectivity index (χ0v) is 17.0. The summed E-state index contributed by atoms with van der Waals surface area (Å²) in [7, 11) is 3.01. The fourth-order valence-electron chi connectivity index (χ4n) is 2.62. The van der Waals surface area contributed by atoms with Crippen LogP contribution in [0.3, 0.4) is 0 Å². The fourth-order valence-corrected chi connectivity index (χ4v) is 4.78. The van der Waals surface area contributed by atoms with Crippen LogP contribution in [0.4, 0.5) is 0 Å². The van der Waals surface area contributed by atoms with E-state index in [-0.39, 0.29) is 50.1 Å². The number of nitrogens with one attached hydrogen (secondary N) is 4. The molecule has 0 saturated carbocycles. The molecule has 2 heterocycles. The van der Waals surface area contributed by atoms with Gasteiger partial charge in [0.15, 0.2) is 5.78 Å². The van der Waals surface area contributed by atoms with Gasteiger partial charge in [-0.15, -0.1) is 0 Å². The third-order valence-corrected chi connectivity index (χ3v) is 6.48. The van der Waals surface area contributed by atoms with Crippen LogP contribution >= 0.6 is 21.6 Å². The number of carbonyl (C=O) groups excluding carboxylic acids is 5. The van der Waals surface area contributed by atoms with E-state index in [0.717, 1.165) is 12.2 Å². The second-order valence-electron chi connectivity index (χ2n) is 6.42. The van der Waals surface area contributed by atoms with Crippen LogP contribution in [-0.4, -0.2) is 66.6 Å². The molecule has 2 rings (SSSR count). The number of allylic oxidation sites excluding steroid dienone is 2. The molecule has 2 bridgehead atoms. The van der Waals surface area contributed by atoms with Crippen molar-refractivity contribution in [3.63, 3.8) is 0 Å². The average molecular weight is 429 g/mol. The van der Waals surface area contributed by atoms with E-state index in [4.69, 9.17) is 0 Å². The summed E-state index contributed by atoms with van der Waals surface area (Å²) < 4.78 is 0. The molecule has 1 fully saturated rings. The Morgan fingerprint density at radius 3 is 2.39 bits per heavy atom. The topological polar surface area (TPSA) is 133 Å². The van der Waals surface area contributed by atoms with Crippen LogP contribution in [0.2, 0.25) is 0 Å². The summed E-state index contributed by atoms with van der Waals surface area (Å²) in [5, 5.41) is 10.1. The molecule has 0 aromatic heterocycles. The number of Topliss-reactive ketones (excluding diaryl/α,β-unsaturated/α-hetero) is 1. The first-order valence-corrected chi connectivity index (χ1v) is 11.5.